The van der Waals surface area contributed by atoms with Gasteiger partial charge < -0.3 is 14.8 Å². The summed E-state index contributed by atoms with van der Waals surface area (Å²) in [5.41, 5.74) is 2.36. The molecule has 0 aliphatic heterocycles. The zero-order chi connectivity index (χ0) is 18.0. The van der Waals surface area contributed by atoms with Gasteiger partial charge in [-0.1, -0.05) is 26.0 Å². The molecule has 0 amide bonds. The number of carbonyl (C=O) groups is 1. The highest BCUT2D eigenvalue weighted by atomic mass is 19.1. The third-order valence-corrected chi connectivity index (χ3v) is 3.93. The van der Waals surface area contributed by atoms with Crippen LogP contribution in [0.25, 0.3) is 22.2 Å². The van der Waals surface area contributed by atoms with E-state index in [9.17, 15) is 14.3 Å². The van der Waals surface area contributed by atoms with E-state index in [4.69, 9.17) is 5.11 Å². The molecule has 4 nitrogen and oxygen atoms in total. The lowest BCUT2D eigenvalue weighted by atomic mass is 10.0. The van der Waals surface area contributed by atoms with Gasteiger partial charge in [0.05, 0.1) is 11.2 Å². The smallest absolute Gasteiger partial charge is 0.339 e. The molecule has 0 saturated carbocycles. The number of phenols is 1. The molecular weight excluding hydrogens is 309 g/mol. The number of carboxylic acids is 1. The van der Waals surface area contributed by atoms with Gasteiger partial charge in [0.2, 0.25) is 0 Å². The molecule has 0 aliphatic rings. The van der Waals surface area contributed by atoms with Crippen molar-refractivity contribution in [3.05, 3.63) is 53.3 Å². The van der Waals surface area contributed by atoms with Crippen molar-refractivity contribution in [2.24, 2.45) is 7.05 Å². The fourth-order valence-corrected chi connectivity index (χ4v) is 2.86. The van der Waals surface area contributed by atoms with Crippen LogP contribution in [0.15, 0.2) is 36.4 Å². The van der Waals surface area contributed by atoms with Crippen LogP contribution in [0.3, 0.4) is 0 Å². The number of hydrogen-bond donors (Lipinski definition) is 2. The molecule has 0 radical (unpaired) electrons. The quantitative estimate of drug-likeness (QED) is 0.715. The first-order chi connectivity index (χ1) is 11.4. The Bertz CT molecular complexity index is 913. The minimum Gasteiger partial charge on any atom is -0.507 e. The predicted molar refractivity (Wildman–Crippen MR) is 93.0 cm³/mol. The average Bonchev–Trinajstić information content (AvgIpc) is 2.80. The summed E-state index contributed by atoms with van der Waals surface area (Å²) in [6, 6.07) is 9.24. The van der Waals surface area contributed by atoms with Gasteiger partial charge in [0, 0.05) is 24.1 Å². The van der Waals surface area contributed by atoms with Crippen molar-refractivity contribution in [2.45, 2.75) is 20.8 Å². The molecule has 1 aromatic heterocycles. The van der Waals surface area contributed by atoms with Crippen LogP contribution in [0.4, 0.5) is 4.39 Å². The highest BCUT2D eigenvalue weighted by Gasteiger charge is 2.19. The van der Waals surface area contributed by atoms with E-state index in [1.54, 1.807) is 29.8 Å². The highest BCUT2D eigenvalue weighted by Crippen LogP contribution is 2.36. The van der Waals surface area contributed by atoms with Crippen molar-refractivity contribution < 1.29 is 19.4 Å². The maximum atomic E-state index is 14.1. The normalized spacial score (nSPS) is 10.4. The Morgan fingerprint density at radius 2 is 1.79 bits per heavy atom. The molecule has 0 aliphatic carbocycles. The van der Waals surface area contributed by atoms with Gasteiger partial charge in [0.15, 0.2) is 0 Å². The zero-order valence-electron chi connectivity index (χ0n) is 14.1. The molecule has 1 heterocycles. The number of benzene rings is 2. The first-order valence-corrected chi connectivity index (χ1v) is 7.72. The molecule has 0 bridgehead atoms. The number of carboxylic acid groups (broad SMARTS) is 1. The van der Waals surface area contributed by atoms with Crippen molar-refractivity contribution in [2.75, 3.05) is 0 Å². The molecule has 0 atom stereocenters. The summed E-state index contributed by atoms with van der Waals surface area (Å²) in [6.45, 7) is 5.81. The summed E-state index contributed by atoms with van der Waals surface area (Å²) in [6.07, 6.45) is 0. The summed E-state index contributed by atoms with van der Waals surface area (Å²) in [5.74, 6) is -1.85. The lowest BCUT2D eigenvalue weighted by Crippen LogP contribution is -1.97. The Labute approximate surface area is 139 Å². The van der Waals surface area contributed by atoms with E-state index in [2.05, 4.69) is 0 Å². The van der Waals surface area contributed by atoms with Crippen molar-refractivity contribution in [1.82, 2.24) is 4.57 Å². The van der Waals surface area contributed by atoms with Crippen LogP contribution >= 0.6 is 0 Å². The molecule has 126 valence electrons. The van der Waals surface area contributed by atoms with E-state index in [1.165, 1.54) is 18.2 Å². The summed E-state index contributed by atoms with van der Waals surface area (Å²) >= 11 is 0. The topological polar surface area (TPSA) is 62.5 Å². The molecule has 0 fully saturated rings. The van der Waals surface area contributed by atoms with Crippen LogP contribution in [-0.2, 0) is 7.05 Å². The zero-order valence-corrected chi connectivity index (χ0v) is 14.1. The Balaban J connectivity index is 0.00000100. The Kier molecular flexibility index (Phi) is 4.93. The molecule has 3 aromatic rings. The number of hydrogen-bond acceptors (Lipinski definition) is 2. The number of aromatic nitrogens is 1. The van der Waals surface area contributed by atoms with Gasteiger partial charge in [-0.3, -0.25) is 0 Å². The van der Waals surface area contributed by atoms with E-state index in [0.29, 0.717) is 22.2 Å². The third-order valence-electron chi connectivity index (χ3n) is 3.93. The molecule has 24 heavy (non-hydrogen) atoms. The van der Waals surface area contributed by atoms with Gasteiger partial charge in [0.25, 0.3) is 0 Å². The van der Waals surface area contributed by atoms with Gasteiger partial charge in [0.1, 0.15) is 17.1 Å². The van der Waals surface area contributed by atoms with E-state index in [-0.39, 0.29) is 17.1 Å². The minimum atomic E-state index is -1.20. The molecule has 2 aromatic carbocycles. The summed E-state index contributed by atoms with van der Waals surface area (Å²) < 4.78 is 15.9. The first-order valence-electron chi connectivity index (χ1n) is 7.72. The minimum absolute atomic E-state index is 0.165. The molecule has 0 unspecified atom stereocenters. The second-order valence-corrected chi connectivity index (χ2v) is 5.20. The van der Waals surface area contributed by atoms with E-state index >= 15 is 0 Å². The summed E-state index contributed by atoms with van der Waals surface area (Å²) in [5, 5.41) is 19.7. The number of aryl methyl sites for hydroxylation is 2. The Hall–Kier alpha value is -2.82. The number of aromatic hydroxyl groups is 1. The van der Waals surface area contributed by atoms with Crippen molar-refractivity contribution in [1.29, 1.82) is 0 Å². The van der Waals surface area contributed by atoms with Gasteiger partial charge in [-0.2, -0.15) is 0 Å². The van der Waals surface area contributed by atoms with Crippen LogP contribution < -0.4 is 0 Å². The second-order valence-electron chi connectivity index (χ2n) is 5.20. The Morgan fingerprint density at radius 3 is 2.38 bits per heavy atom. The van der Waals surface area contributed by atoms with Gasteiger partial charge in [-0.15, -0.1) is 0 Å². The van der Waals surface area contributed by atoms with E-state index in [1.807, 2.05) is 20.8 Å². The van der Waals surface area contributed by atoms with Crippen LogP contribution in [0.1, 0.15) is 29.8 Å². The van der Waals surface area contributed by atoms with Gasteiger partial charge in [-0.25, -0.2) is 9.18 Å². The van der Waals surface area contributed by atoms with Gasteiger partial charge >= 0.3 is 5.97 Å². The van der Waals surface area contributed by atoms with Crippen molar-refractivity contribution >= 4 is 16.9 Å². The maximum Gasteiger partial charge on any atom is 0.339 e. The average molecular weight is 329 g/mol. The van der Waals surface area contributed by atoms with Crippen LogP contribution in [0.2, 0.25) is 0 Å². The SMILES string of the molecule is CC.Cc1c(-c2ccccc2F)n(C)c2cc(O)c(C(=O)O)cc12. The third kappa shape index (κ3) is 2.73. The number of halogens is 1. The first kappa shape index (κ1) is 17.5. The molecule has 2 N–H and O–H groups in total. The maximum absolute atomic E-state index is 14.1. The summed E-state index contributed by atoms with van der Waals surface area (Å²) in [4.78, 5) is 11.2. The molecule has 0 spiro atoms. The van der Waals surface area contributed by atoms with Gasteiger partial charge in [-0.05, 0) is 30.7 Å². The molecular formula is C19H20FNO3. The number of fused-ring (bicyclic) bond motifs is 1. The predicted octanol–water partition coefficient (Wildman–Crippen LogP) is 4.72. The highest BCUT2D eigenvalue weighted by molar-refractivity contribution is 6.00. The number of nitrogens with zero attached hydrogens (tertiary/aromatic N) is 1. The second kappa shape index (κ2) is 6.74. The van der Waals surface area contributed by atoms with E-state index in [0.717, 1.165) is 5.56 Å². The number of rotatable bonds is 2. The van der Waals surface area contributed by atoms with Crippen LogP contribution in [-0.4, -0.2) is 20.7 Å². The molecule has 5 heteroatoms. The summed E-state index contributed by atoms with van der Waals surface area (Å²) in [7, 11) is 1.76. The van der Waals surface area contributed by atoms with Crippen LogP contribution in [0, 0.1) is 12.7 Å². The molecule has 3 rings (SSSR count). The largest absolute Gasteiger partial charge is 0.507 e. The fraction of sp³-hybridized carbons (Fsp3) is 0.211. The monoisotopic (exact) mass is 329 g/mol. The lowest BCUT2D eigenvalue weighted by Gasteiger charge is -2.07. The number of aromatic carboxylic acids is 1. The van der Waals surface area contributed by atoms with E-state index < -0.39 is 5.97 Å². The standard InChI is InChI=1S/C17H14FNO3.C2H6/c1-9-11-7-12(17(21)22)15(20)8-14(11)19(2)16(9)10-5-3-4-6-13(10)18;1-2/h3-8,20H,1-2H3,(H,21,22);1-2H3. The van der Waals surface area contributed by atoms with Crippen LogP contribution in [0.5, 0.6) is 5.75 Å². The Morgan fingerprint density at radius 1 is 1.17 bits per heavy atom. The van der Waals surface area contributed by atoms with Crippen molar-refractivity contribution in [3.8, 4) is 17.0 Å². The fourth-order valence-electron chi connectivity index (χ4n) is 2.86. The lowest BCUT2D eigenvalue weighted by molar-refractivity contribution is 0.0694. The molecule has 0 saturated heterocycles. The van der Waals surface area contributed by atoms with Crippen molar-refractivity contribution in [3.63, 3.8) is 0 Å².